The first-order valence-corrected chi connectivity index (χ1v) is 5.89. The van der Waals surface area contributed by atoms with E-state index in [0.717, 1.165) is 5.56 Å². The third-order valence-electron chi connectivity index (χ3n) is 2.51. The minimum atomic E-state index is -0.127. The van der Waals surface area contributed by atoms with E-state index >= 15 is 0 Å². The Kier molecular flexibility index (Phi) is 8.57. The number of carbonyl (C=O) groups is 2. The highest BCUT2D eigenvalue weighted by Gasteiger charge is 2.04. The molecule has 0 aliphatic heterocycles. The number of rotatable bonds is 6. The molecule has 2 amide bonds. The van der Waals surface area contributed by atoms with Crippen molar-refractivity contribution in [2.45, 2.75) is 13.0 Å². The molecule has 0 aliphatic rings. The van der Waals surface area contributed by atoms with E-state index in [4.69, 9.17) is 0 Å². The van der Waals surface area contributed by atoms with Crippen LogP contribution in [-0.2, 0) is 11.3 Å². The van der Waals surface area contributed by atoms with Crippen LogP contribution in [0, 0.1) is 0 Å². The summed E-state index contributed by atoms with van der Waals surface area (Å²) in [6, 6.07) is 7.20. The van der Waals surface area contributed by atoms with Crippen molar-refractivity contribution < 1.29 is 9.59 Å². The van der Waals surface area contributed by atoms with Gasteiger partial charge in [0.2, 0.25) is 5.91 Å². The van der Waals surface area contributed by atoms with E-state index in [9.17, 15) is 9.59 Å². The first-order valence-electron chi connectivity index (χ1n) is 5.89. The van der Waals surface area contributed by atoms with E-state index in [0.29, 0.717) is 25.1 Å². The van der Waals surface area contributed by atoms with Crippen molar-refractivity contribution >= 4 is 24.2 Å². The average Bonchev–Trinajstić information content (AvgIpc) is 2.42. The Morgan fingerprint density at radius 1 is 1.21 bits per heavy atom. The summed E-state index contributed by atoms with van der Waals surface area (Å²) in [6.07, 6.45) is 0.450. The lowest BCUT2D eigenvalue weighted by Crippen LogP contribution is -2.26. The van der Waals surface area contributed by atoms with Gasteiger partial charge in [-0.3, -0.25) is 9.59 Å². The van der Waals surface area contributed by atoms with Crippen LogP contribution < -0.4 is 16.0 Å². The van der Waals surface area contributed by atoms with Gasteiger partial charge >= 0.3 is 0 Å². The number of amides is 2. The predicted octanol–water partition coefficient (Wildman–Crippen LogP) is 0.694. The number of nitrogens with one attached hydrogen (secondary N) is 3. The third-order valence-corrected chi connectivity index (χ3v) is 2.51. The fourth-order valence-corrected chi connectivity index (χ4v) is 1.49. The van der Waals surface area contributed by atoms with Gasteiger partial charge in [0.25, 0.3) is 5.91 Å². The number of benzene rings is 1. The topological polar surface area (TPSA) is 70.2 Å². The zero-order chi connectivity index (χ0) is 13.4. The van der Waals surface area contributed by atoms with Gasteiger partial charge in [-0.25, -0.2) is 0 Å². The van der Waals surface area contributed by atoms with E-state index in [1.165, 1.54) is 0 Å². The Labute approximate surface area is 119 Å². The standard InChI is InChI=1S/C13H19N3O2.ClH/c1-14-7-6-12(17)16-9-10-4-3-5-11(8-10)13(18)15-2;/h3-5,8,14H,6-7,9H2,1-2H3,(H,15,18)(H,16,17);1H. The molecule has 6 heteroatoms. The molecular formula is C13H20ClN3O2. The molecule has 3 N–H and O–H groups in total. The smallest absolute Gasteiger partial charge is 0.251 e. The molecule has 5 nitrogen and oxygen atoms in total. The van der Waals surface area contributed by atoms with Gasteiger partial charge < -0.3 is 16.0 Å². The molecule has 0 aliphatic carbocycles. The van der Waals surface area contributed by atoms with Crippen molar-refractivity contribution in [2.24, 2.45) is 0 Å². The highest BCUT2D eigenvalue weighted by Crippen LogP contribution is 2.05. The largest absolute Gasteiger partial charge is 0.355 e. The lowest BCUT2D eigenvalue weighted by atomic mass is 10.1. The second-order valence-corrected chi connectivity index (χ2v) is 3.91. The van der Waals surface area contributed by atoms with Crippen LogP contribution in [0.4, 0.5) is 0 Å². The van der Waals surface area contributed by atoms with Crippen LogP contribution in [0.2, 0.25) is 0 Å². The van der Waals surface area contributed by atoms with Gasteiger partial charge in [0.15, 0.2) is 0 Å². The van der Waals surface area contributed by atoms with Crippen LogP contribution in [0.25, 0.3) is 0 Å². The Hall–Kier alpha value is -1.59. The molecule has 0 aromatic heterocycles. The van der Waals surface area contributed by atoms with E-state index in [2.05, 4.69) is 16.0 Å². The van der Waals surface area contributed by atoms with Crippen molar-refractivity contribution in [1.82, 2.24) is 16.0 Å². The quantitative estimate of drug-likeness (QED) is 0.720. The average molecular weight is 286 g/mol. The van der Waals surface area contributed by atoms with Gasteiger partial charge in [0, 0.05) is 32.1 Å². The molecule has 0 heterocycles. The van der Waals surface area contributed by atoms with E-state index < -0.39 is 0 Å². The van der Waals surface area contributed by atoms with Crippen molar-refractivity contribution in [3.8, 4) is 0 Å². The van der Waals surface area contributed by atoms with Crippen molar-refractivity contribution in [1.29, 1.82) is 0 Å². The number of hydrogen-bond donors (Lipinski definition) is 3. The molecule has 0 atom stereocenters. The molecule has 106 valence electrons. The molecule has 0 spiro atoms. The van der Waals surface area contributed by atoms with Crippen LogP contribution in [-0.4, -0.2) is 32.5 Å². The van der Waals surface area contributed by atoms with E-state index in [-0.39, 0.29) is 24.2 Å². The zero-order valence-corrected chi connectivity index (χ0v) is 12.0. The maximum absolute atomic E-state index is 11.4. The van der Waals surface area contributed by atoms with Gasteiger partial charge in [0.05, 0.1) is 0 Å². The summed E-state index contributed by atoms with van der Waals surface area (Å²) < 4.78 is 0. The highest BCUT2D eigenvalue weighted by atomic mass is 35.5. The number of carbonyl (C=O) groups excluding carboxylic acids is 2. The maximum atomic E-state index is 11.4. The molecule has 0 saturated heterocycles. The van der Waals surface area contributed by atoms with E-state index in [1.807, 2.05) is 6.07 Å². The fourth-order valence-electron chi connectivity index (χ4n) is 1.49. The van der Waals surface area contributed by atoms with Gasteiger partial charge in [0.1, 0.15) is 0 Å². The fraction of sp³-hybridized carbons (Fsp3) is 0.385. The minimum absolute atomic E-state index is 0. The van der Waals surface area contributed by atoms with Gasteiger partial charge in [-0.2, -0.15) is 0 Å². The van der Waals surface area contributed by atoms with Crippen molar-refractivity contribution in [3.63, 3.8) is 0 Å². The lowest BCUT2D eigenvalue weighted by Gasteiger charge is -2.06. The Morgan fingerprint density at radius 3 is 2.58 bits per heavy atom. The summed E-state index contributed by atoms with van der Waals surface area (Å²) in [6.45, 7) is 1.09. The van der Waals surface area contributed by atoms with E-state index in [1.54, 1.807) is 32.3 Å². The molecule has 0 unspecified atom stereocenters. The Morgan fingerprint density at radius 2 is 1.95 bits per heavy atom. The number of halogens is 1. The summed E-state index contributed by atoms with van der Waals surface area (Å²) in [7, 11) is 3.40. The highest BCUT2D eigenvalue weighted by molar-refractivity contribution is 5.94. The van der Waals surface area contributed by atoms with Gasteiger partial charge in [-0.05, 0) is 24.7 Å². The summed E-state index contributed by atoms with van der Waals surface area (Å²) in [5, 5.41) is 8.29. The molecule has 1 rings (SSSR count). The Bertz CT molecular complexity index is 424. The molecule has 0 saturated carbocycles. The zero-order valence-electron chi connectivity index (χ0n) is 11.2. The SMILES string of the molecule is CNCCC(=O)NCc1cccc(C(=O)NC)c1.Cl. The summed E-state index contributed by atoms with van der Waals surface area (Å²) in [5.41, 5.74) is 1.51. The third kappa shape index (κ3) is 6.22. The van der Waals surface area contributed by atoms with Crippen LogP contribution in [0.15, 0.2) is 24.3 Å². The molecule has 0 fully saturated rings. The molecule has 1 aromatic rings. The first-order chi connectivity index (χ1) is 8.67. The normalized spacial score (nSPS) is 9.37. The predicted molar refractivity (Wildman–Crippen MR) is 77.5 cm³/mol. The number of hydrogen-bond acceptors (Lipinski definition) is 3. The summed E-state index contributed by atoms with van der Waals surface area (Å²) >= 11 is 0. The van der Waals surface area contributed by atoms with Crippen molar-refractivity contribution in [2.75, 3.05) is 20.6 Å². The van der Waals surface area contributed by atoms with Crippen LogP contribution in [0.3, 0.4) is 0 Å². The van der Waals surface area contributed by atoms with Gasteiger partial charge in [-0.15, -0.1) is 12.4 Å². The molecule has 1 aromatic carbocycles. The van der Waals surface area contributed by atoms with Crippen LogP contribution in [0.1, 0.15) is 22.3 Å². The van der Waals surface area contributed by atoms with Crippen LogP contribution in [0.5, 0.6) is 0 Å². The molecule has 0 bridgehead atoms. The molecular weight excluding hydrogens is 266 g/mol. The summed E-state index contributed by atoms with van der Waals surface area (Å²) in [4.78, 5) is 22.9. The molecule has 19 heavy (non-hydrogen) atoms. The lowest BCUT2D eigenvalue weighted by molar-refractivity contribution is -0.121. The molecule has 0 radical (unpaired) electrons. The van der Waals surface area contributed by atoms with Crippen molar-refractivity contribution in [3.05, 3.63) is 35.4 Å². The maximum Gasteiger partial charge on any atom is 0.251 e. The monoisotopic (exact) mass is 285 g/mol. The first kappa shape index (κ1) is 17.4. The van der Waals surface area contributed by atoms with Gasteiger partial charge in [-0.1, -0.05) is 12.1 Å². The second kappa shape index (κ2) is 9.35. The minimum Gasteiger partial charge on any atom is -0.355 e. The summed E-state index contributed by atoms with van der Waals surface area (Å²) in [5.74, 6) is -0.131. The second-order valence-electron chi connectivity index (χ2n) is 3.91. The van der Waals surface area contributed by atoms with Crippen LogP contribution >= 0.6 is 12.4 Å². The Balaban J connectivity index is 0.00000324.